The van der Waals surface area contributed by atoms with Crippen molar-refractivity contribution in [2.45, 2.75) is 13.5 Å². The molecule has 2 rings (SSSR count). The molecule has 0 radical (unpaired) electrons. The van der Waals surface area contributed by atoms with Gasteiger partial charge < -0.3 is 9.84 Å². The average molecular weight is 314 g/mol. The lowest BCUT2D eigenvalue weighted by molar-refractivity contribution is 0.0946. The largest absolute Gasteiger partial charge is 0.343 e. The summed E-state index contributed by atoms with van der Waals surface area (Å²) >= 11 is 3.02. The molecule has 0 saturated heterocycles. The van der Waals surface area contributed by atoms with Crippen molar-refractivity contribution in [2.24, 2.45) is 0 Å². The van der Waals surface area contributed by atoms with E-state index in [0.29, 0.717) is 17.3 Å². The van der Waals surface area contributed by atoms with Crippen LogP contribution in [0.3, 0.4) is 0 Å². The van der Waals surface area contributed by atoms with Gasteiger partial charge in [-0.05, 0) is 41.1 Å². The molecule has 1 aromatic heterocycles. The van der Waals surface area contributed by atoms with Crippen LogP contribution < -0.4 is 5.32 Å². The van der Waals surface area contributed by atoms with Crippen LogP contribution in [-0.2, 0) is 6.54 Å². The molecule has 0 fully saturated rings. The minimum absolute atomic E-state index is 0.134. The van der Waals surface area contributed by atoms with Crippen molar-refractivity contribution in [1.82, 2.24) is 15.5 Å². The number of nitrogens with zero attached hydrogens (tertiary/aromatic N) is 2. The zero-order valence-electron chi connectivity index (χ0n) is 9.41. The number of rotatable bonds is 3. The van der Waals surface area contributed by atoms with Gasteiger partial charge in [-0.3, -0.25) is 4.79 Å². The number of aromatic nitrogens is 2. The molecular weight excluding hydrogens is 305 g/mol. The Bertz CT molecular complexity index is 585. The van der Waals surface area contributed by atoms with E-state index >= 15 is 0 Å². The molecule has 1 amide bonds. The summed E-state index contributed by atoms with van der Waals surface area (Å²) in [6.45, 7) is 1.82. The Morgan fingerprint density at radius 2 is 2.33 bits per heavy atom. The summed E-state index contributed by atoms with van der Waals surface area (Å²) in [5, 5.41) is 6.20. The molecule has 18 heavy (non-hydrogen) atoms. The van der Waals surface area contributed by atoms with Crippen molar-refractivity contribution in [1.29, 1.82) is 0 Å². The van der Waals surface area contributed by atoms with E-state index in [0.717, 1.165) is 0 Å². The topological polar surface area (TPSA) is 68.0 Å². The molecule has 5 nitrogen and oxygen atoms in total. The van der Waals surface area contributed by atoms with Crippen LogP contribution in [-0.4, -0.2) is 16.0 Å². The van der Waals surface area contributed by atoms with E-state index in [1.165, 1.54) is 18.2 Å². The Kier molecular flexibility index (Phi) is 3.71. The van der Waals surface area contributed by atoms with Crippen LogP contribution in [0.1, 0.15) is 22.1 Å². The van der Waals surface area contributed by atoms with Crippen LogP contribution in [0.5, 0.6) is 0 Å². The summed E-state index contributed by atoms with van der Waals surface area (Å²) < 4.78 is 18.1. The first kappa shape index (κ1) is 12.7. The maximum absolute atomic E-state index is 13.0. The van der Waals surface area contributed by atoms with Gasteiger partial charge in [-0.15, -0.1) is 0 Å². The SMILES string of the molecule is Cc1noc(CNC(=O)c2ccc(F)c(Br)c2)n1. The Morgan fingerprint density at radius 1 is 1.56 bits per heavy atom. The second kappa shape index (κ2) is 5.26. The molecule has 2 aromatic rings. The first-order chi connectivity index (χ1) is 8.56. The smallest absolute Gasteiger partial charge is 0.251 e. The summed E-state index contributed by atoms with van der Waals surface area (Å²) in [4.78, 5) is 15.7. The van der Waals surface area contributed by atoms with Crippen LogP contribution in [0.15, 0.2) is 27.2 Å². The normalized spacial score (nSPS) is 10.4. The van der Waals surface area contributed by atoms with E-state index in [4.69, 9.17) is 4.52 Å². The third kappa shape index (κ3) is 2.92. The number of carbonyl (C=O) groups excluding carboxylic acids is 1. The van der Waals surface area contributed by atoms with Crippen molar-refractivity contribution in [3.8, 4) is 0 Å². The van der Waals surface area contributed by atoms with Crippen molar-refractivity contribution < 1.29 is 13.7 Å². The third-order valence-electron chi connectivity index (χ3n) is 2.15. The Morgan fingerprint density at radius 3 is 2.94 bits per heavy atom. The predicted octanol–water partition coefficient (Wildman–Crippen LogP) is 2.21. The van der Waals surface area contributed by atoms with Gasteiger partial charge in [-0.25, -0.2) is 4.39 Å². The lowest BCUT2D eigenvalue weighted by Gasteiger charge is -2.03. The van der Waals surface area contributed by atoms with E-state index in [1.54, 1.807) is 6.92 Å². The first-order valence-corrected chi connectivity index (χ1v) is 5.88. The first-order valence-electron chi connectivity index (χ1n) is 5.08. The molecule has 7 heteroatoms. The maximum atomic E-state index is 13.0. The van der Waals surface area contributed by atoms with Crippen LogP contribution in [0.25, 0.3) is 0 Å². The summed E-state index contributed by atoms with van der Waals surface area (Å²) in [6, 6.07) is 4.02. The zero-order chi connectivity index (χ0) is 13.1. The molecule has 1 N–H and O–H groups in total. The van der Waals surface area contributed by atoms with E-state index < -0.39 is 5.82 Å². The number of nitrogens with one attached hydrogen (secondary N) is 1. The molecule has 0 spiro atoms. The number of benzene rings is 1. The van der Waals surface area contributed by atoms with Gasteiger partial charge in [-0.1, -0.05) is 5.16 Å². The zero-order valence-corrected chi connectivity index (χ0v) is 11.0. The van der Waals surface area contributed by atoms with Crippen LogP contribution in [0.2, 0.25) is 0 Å². The van der Waals surface area contributed by atoms with Gasteiger partial charge in [0.05, 0.1) is 11.0 Å². The highest BCUT2D eigenvalue weighted by molar-refractivity contribution is 9.10. The number of carbonyl (C=O) groups is 1. The Balaban J connectivity index is 2.01. The fourth-order valence-corrected chi connectivity index (χ4v) is 1.69. The molecule has 0 aliphatic rings. The standard InChI is InChI=1S/C11H9BrFN3O2/c1-6-15-10(18-16-6)5-14-11(17)7-2-3-9(13)8(12)4-7/h2-4H,5H2,1H3,(H,14,17). The fraction of sp³-hybridized carbons (Fsp3) is 0.182. The third-order valence-corrected chi connectivity index (χ3v) is 2.76. The molecule has 0 atom stereocenters. The number of halogens is 2. The van der Waals surface area contributed by atoms with Crippen molar-refractivity contribution >= 4 is 21.8 Å². The van der Waals surface area contributed by atoms with Crippen molar-refractivity contribution in [2.75, 3.05) is 0 Å². The van der Waals surface area contributed by atoms with E-state index in [1.807, 2.05) is 0 Å². The molecule has 0 unspecified atom stereocenters. The van der Waals surface area contributed by atoms with Gasteiger partial charge in [0.2, 0.25) is 5.89 Å². The molecular formula is C11H9BrFN3O2. The van der Waals surface area contributed by atoms with E-state index in [-0.39, 0.29) is 16.9 Å². The second-order valence-electron chi connectivity index (χ2n) is 3.55. The van der Waals surface area contributed by atoms with Crippen LogP contribution in [0, 0.1) is 12.7 Å². The fourth-order valence-electron chi connectivity index (χ4n) is 1.31. The number of amides is 1. The minimum atomic E-state index is -0.418. The average Bonchev–Trinajstić information content (AvgIpc) is 2.75. The van der Waals surface area contributed by atoms with Gasteiger partial charge in [-0.2, -0.15) is 4.98 Å². The molecule has 0 aliphatic heterocycles. The Labute approximate surface area is 111 Å². The molecule has 0 saturated carbocycles. The summed E-state index contributed by atoms with van der Waals surface area (Å²) in [5.41, 5.74) is 0.347. The number of hydrogen-bond donors (Lipinski definition) is 1. The minimum Gasteiger partial charge on any atom is -0.343 e. The molecule has 94 valence electrons. The van der Waals surface area contributed by atoms with Crippen LogP contribution >= 0.6 is 15.9 Å². The quantitative estimate of drug-likeness (QED) is 0.943. The maximum Gasteiger partial charge on any atom is 0.251 e. The van der Waals surface area contributed by atoms with Crippen LogP contribution in [0.4, 0.5) is 4.39 Å². The highest BCUT2D eigenvalue weighted by atomic mass is 79.9. The second-order valence-corrected chi connectivity index (χ2v) is 4.40. The van der Waals surface area contributed by atoms with Gasteiger partial charge >= 0.3 is 0 Å². The van der Waals surface area contributed by atoms with Gasteiger partial charge in [0.15, 0.2) is 5.82 Å². The summed E-state index contributed by atoms with van der Waals surface area (Å²) in [7, 11) is 0. The summed E-state index contributed by atoms with van der Waals surface area (Å²) in [5.74, 6) is 0.0661. The van der Waals surface area contributed by atoms with Gasteiger partial charge in [0, 0.05) is 5.56 Å². The highest BCUT2D eigenvalue weighted by Gasteiger charge is 2.10. The molecule has 1 heterocycles. The summed E-state index contributed by atoms with van der Waals surface area (Å²) in [6.07, 6.45) is 0. The van der Waals surface area contributed by atoms with Crippen molar-refractivity contribution in [3.05, 3.63) is 45.8 Å². The lowest BCUT2D eigenvalue weighted by atomic mass is 10.2. The number of aryl methyl sites for hydroxylation is 1. The molecule has 1 aromatic carbocycles. The highest BCUT2D eigenvalue weighted by Crippen LogP contribution is 2.16. The van der Waals surface area contributed by atoms with E-state index in [9.17, 15) is 9.18 Å². The monoisotopic (exact) mass is 313 g/mol. The van der Waals surface area contributed by atoms with Crippen molar-refractivity contribution in [3.63, 3.8) is 0 Å². The molecule has 0 aliphatic carbocycles. The lowest BCUT2D eigenvalue weighted by Crippen LogP contribution is -2.23. The molecule has 0 bridgehead atoms. The van der Waals surface area contributed by atoms with Gasteiger partial charge in [0.25, 0.3) is 5.91 Å². The number of hydrogen-bond acceptors (Lipinski definition) is 4. The Hall–Kier alpha value is -1.76. The van der Waals surface area contributed by atoms with E-state index in [2.05, 4.69) is 31.4 Å². The van der Waals surface area contributed by atoms with Gasteiger partial charge in [0.1, 0.15) is 5.82 Å². The predicted molar refractivity (Wildman–Crippen MR) is 64.3 cm³/mol.